The summed E-state index contributed by atoms with van der Waals surface area (Å²) in [7, 11) is -3.13. The van der Waals surface area contributed by atoms with E-state index in [0.29, 0.717) is 31.1 Å². The number of hydrogen-bond donors (Lipinski definition) is 1. The van der Waals surface area contributed by atoms with Crippen LogP contribution in [0, 0.1) is 0 Å². The summed E-state index contributed by atoms with van der Waals surface area (Å²) < 4.78 is 38.9. The molecule has 2 aliphatic heterocycles. The number of sulfone groups is 1. The zero-order valence-electron chi connectivity index (χ0n) is 14.9. The van der Waals surface area contributed by atoms with E-state index in [9.17, 15) is 18.0 Å². The van der Waals surface area contributed by atoms with E-state index in [-0.39, 0.29) is 11.5 Å². The van der Waals surface area contributed by atoms with Gasteiger partial charge in [0.1, 0.15) is 13.2 Å². The molecule has 0 aromatic heterocycles. The van der Waals surface area contributed by atoms with Crippen LogP contribution in [0.15, 0.2) is 24.3 Å². The highest BCUT2D eigenvalue weighted by atomic mass is 32.2. The maximum absolute atomic E-state index is 11.9. The molecule has 0 radical (unpaired) electrons. The molecule has 1 amide bonds. The van der Waals surface area contributed by atoms with Crippen molar-refractivity contribution in [3.63, 3.8) is 0 Å². The van der Waals surface area contributed by atoms with Gasteiger partial charge < -0.3 is 19.5 Å². The summed E-state index contributed by atoms with van der Waals surface area (Å²) >= 11 is 0. The minimum Gasteiger partial charge on any atom is -0.486 e. The first-order valence-electron chi connectivity index (χ1n) is 8.51. The van der Waals surface area contributed by atoms with Gasteiger partial charge in [-0.25, -0.2) is 13.2 Å². The largest absolute Gasteiger partial charge is 0.486 e. The van der Waals surface area contributed by atoms with E-state index in [1.54, 1.807) is 31.2 Å². The highest BCUT2D eigenvalue weighted by molar-refractivity contribution is 7.91. The molecule has 1 fully saturated rings. The maximum Gasteiger partial charge on any atom is 0.331 e. The summed E-state index contributed by atoms with van der Waals surface area (Å²) in [5.74, 6) is -0.0122. The highest BCUT2D eigenvalue weighted by Gasteiger charge is 2.39. The smallest absolute Gasteiger partial charge is 0.331 e. The maximum atomic E-state index is 11.9. The zero-order chi connectivity index (χ0) is 19.5. The van der Waals surface area contributed by atoms with Crippen LogP contribution >= 0.6 is 0 Å². The van der Waals surface area contributed by atoms with Crippen molar-refractivity contribution >= 4 is 27.8 Å². The third kappa shape index (κ3) is 5.22. The Hall–Kier alpha value is -2.55. The van der Waals surface area contributed by atoms with Gasteiger partial charge in [0.25, 0.3) is 5.91 Å². The molecule has 1 aromatic rings. The fraction of sp³-hybridized carbons (Fsp3) is 0.444. The number of fused-ring (bicyclic) bond motifs is 1. The number of carbonyl (C=O) groups excluding carboxylic acids is 2. The lowest BCUT2D eigenvalue weighted by Crippen LogP contribution is -2.48. The molecular weight excluding hydrogens is 374 g/mol. The van der Waals surface area contributed by atoms with Crippen molar-refractivity contribution in [3.8, 4) is 11.5 Å². The Morgan fingerprint density at radius 1 is 1.26 bits per heavy atom. The van der Waals surface area contributed by atoms with Crippen LogP contribution in [0.1, 0.15) is 18.9 Å². The van der Waals surface area contributed by atoms with Crippen molar-refractivity contribution in [2.75, 3.05) is 31.3 Å². The number of ether oxygens (including phenoxy) is 3. The van der Waals surface area contributed by atoms with Crippen LogP contribution in [0.4, 0.5) is 0 Å². The molecule has 2 heterocycles. The zero-order valence-corrected chi connectivity index (χ0v) is 15.7. The first-order chi connectivity index (χ1) is 12.7. The molecule has 0 bridgehead atoms. The predicted molar refractivity (Wildman–Crippen MR) is 97.2 cm³/mol. The molecule has 3 rings (SSSR count). The summed E-state index contributed by atoms with van der Waals surface area (Å²) in [6, 6.07) is 5.26. The number of carbonyl (C=O) groups is 2. The van der Waals surface area contributed by atoms with Crippen molar-refractivity contribution < 1.29 is 32.2 Å². The Kier molecular flexibility index (Phi) is 5.41. The molecule has 0 unspecified atom stereocenters. The van der Waals surface area contributed by atoms with Crippen LogP contribution < -0.4 is 14.8 Å². The minimum atomic E-state index is -3.13. The lowest BCUT2D eigenvalue weighted by atomic mass is 10.0. The minimum absolute atomic E-state index is 0.0435. The van der Waals surface area contributed by atoms with Gasteiger partial charge in [-0.2, -0.15) is 0 Å². The van der Waals surface area contributed by atoms with Gasteiger partial charge in [0.05, 0.1) is 17.0 Å². The number of hydrogen-bond acceptors (Lipinski definition) is 7. The van der Waals surface area contributed by atoms with Crippen LogP contribution in [0.5, 0.6) is 11.5 Å². The number of benzene rings is 1. The van der Waals surface area contributed by atoms with E-state index < -0.39 is 33.9 Å². The molecule has 27 heavy (non-hydrogen) atoms. The standard InChI is InChI=1S/C18H21NO7S/c1-18(6-9-27(22,23)12-18)19-16(20)11-26-17(21)5-3-13-2-4-14-15(10-13)25-8-7-24-14/h2-5,10H,6-9,11-12H2,1H3,(H,19,20)/b5-3+/t18-/m1/s1. The summed E-state index contributed by atoms with van der Waals surface area (Å²) in [6.07, 6.45) is 3.10. The normalized spacial score (nSPS) is 23.1. The van der Waals surface area contributed by atoms with E-state index in [0.717, 1.165) is 5.56 Å². The summed E-state index contributed by atoms with van der Waals surface area (Å²) in [6.45, 7) is 2.16. The average Bonchev–Trinajstić information content (AvgIpc) is 2.90. The Bertz CT molecular complexity index is 878. The van der Waals surface area contributed by atoms with Crippen LogP contribution in [0.2, 0.25) is 0 Å². The molecule has 1 aromatic carbocycles. The second-order valence-corrected chi connectivity index (χ2v) is 8.98. The Balaban J connectivity index is 1.48. The molecule has 0 aliphatic carbocycles. The molecule has 1 N–H and O–H groups in total. The summed E-state index contributed by atoms with van der Waals surface area (Å²) in [4.78, 5) is 23.7. The third-order valence-corrected chi connectivity index (χ3v) is 6.17. The molecule has 0 spiro atoms. The molecule has 8 nitrogen and oxygen atoms in total. The lowest BCUT2D eigenvalue weighted by Gasteiger charge is -2.23. The predicted octanol–water partition coefficient (Wildman–Crippen LogP) is 0.708. The van der Waals surface area contributed by atoms with E-state index >= 15 is 0 Å². The number of esters is 1. The number of amides is 1. The molecule has 1 saturated heterocycles. The van der Waals surface area contributed by atoms with E-state index in [1.165, 1.54) is 6.08 Å². The van der Waals surface area contributed by atoms with Gasteiger partial charge in [0, 0.05) is 6.08 Å². The van der Waals surface area contributed by atoms with E-state index in [2.05, 4.69) is 5.32 Å². The molecule has 9 heteroatoms. The average molecular weight is 395 g/mol. The Labute approximate surface area is 157 Å². The molecule has 2 aliphatic rings. The van der Waals surface area contributed by atoms with Gasteiger partial charge in [-0.3, -0.25) is 4.79 Å². The van der Waals surface area contributed by atoms with Gasteiger partial charge in [0.15, 0.2) is 27.9 Å². The first kappa shape index (κ1) is 19.2. The quantitative estimate of drug-likeness (QED) is 0.578. The second-order valence-electron chi connectivity index (χ2n) is 6.80. The number of nitrogens with one attached hydrogen (secondary N) is 1. The number of rotatable bonds is 5. The van der Waals surface area contributed by atoms with Crippen LogP contribution in [0.3, 0.4) is 0 Å². The van der Waals surface area contributed by atoms with Crippen molar-refractivity contribution in [2.24, 2.45) is 0 Å². The Morgan fingerprint density at radius 2 is 2.00 bits per heavy atom. The topological polar surface area (TPSA) is 108 Å². The van der Waals surface area contributed by atoms with Crippen LogP contribution in [-0.2, 0) is 24.2 Å². The Morgan fingerprint density at radius 3 is 2.70 bits per heavy atom. The SMILES string of the molecule is C[C@@]1(NC(=O)COC(=O)/C=C/c2ccc3c(c2)OCCO3)CCS(=O)(=O)C1. The van der Waals surface area contributed by atoms with E-state index in [4.69, 9.17) is 14.2 Å². The third-order valence-electron chi connectivity index (χ3n) is 4.27. The fourth-order valence-corrected chi connectivity index (χ4v) is 5.09. The van der Waals surface area contributed by atoms with Gasteiger partial charge >= 0.3 is 5.97 Å². The van der Waals surface area contributed by atoms with Crippen molar-refractivity contribution in [1.82, 2.24) is 5.32 Å². The molecular formula is C18H21NO7S. The van der Waals surface area contributed by atoms with Gasteiger partial charge in [-0.15, -0.1) is 0 Å². The highest BCUT2D eigenvalue weighted by Crippen LogP contribution is 2.31. The summed E-state index contributed by atoms with van der Waals surface area (Å²) in [5, 5.41) is 2.62. The molecule has 1 atom stereocenters. The monoisotopic (exact) mass is 395 g/mol. The van der Waals surface area contributed by atoms with Gasteiger partial charge in [-0.1, -0.05) is 6.07 Å². The van der Waals surface area contributed by atoms with Gasteiger partial charge in [0.2, 0.25) is 0 Å². The summed E-state index contributed by atoms with van der Waals surface area (Å²) in [5.41, 5.74) is -0.0899. The molecule has 146 valence electrons. The first-order valence-corrected chi connectivity index (χ1v) is 10.3. The second kappa shape index (κ2) is 7.59. The fourth-order valence-electron chi connectivity index (χ4n) is 2.99. The van der Waals surface area contributed by atoms with Crippen LogP contribution in [-0.4, -0.2) is 57.2 Å². The van der Waals surface area contributed by atoms with Gasteiger partial charge in [-0.05, 0) is 37.1 Å². The van der Waals surface area contributed by atoms with Crippen molar-refractivity contribution in [2.45, 2.75) is 18.9 Å². The lowest BCUT2D eigenvalue weighted by molar-refractivity contribution is -0.144. The van der Waals surface area contributed by atoms with Crippen molar-refractivity contribution in [1.29, 1.82) is 0 Å². The van der Waals surface area contributed by atoms with E-state index in [1.807, 2.05) is 0 Å². The van der Waals surface area contributed by atoms with Crippen LogP contribution in [0.25, 0.3) is 6.08 Å². The molecule has 0 saturated carbocycles. The van der Waals surface area contributed by atoms with Crippen molar-refractivity contribution in [3.05, 3.63) is 29.8 Å².